The van der Waals surface area contributed by atoms with Gasteiger partial charge in [0.05, 0.1) is 5.69 Å². The predicted octanol–water partition coefficient (Wildman–Crippen LogP) is 2.35. The summed E-state index contributed by atoms with van der Waals surface area (Å²) in [6.07, 6.45) is 6.03. The van der Waals surface area contributed by atoms with Crippen LogP contribution in [0.4, 0.5) is 5.82 Å². The van der Waals surface area contributed by atoms with E-state index in [0.717, 1.165) is 17.9 Å². The van der Waals surface area contributed by atoms with E-state index < -0.39 is 0 Å². The molecule has 2 rings (SSSR count). The average Bonchev–Trinajstić information content (AvgIpc) is 2.89. The fourth-order valence-corrected chi connectivity index (χ4v) is 2.51. The van der Waals surface area contributed by atoms with Gasteiger partial charge in [-0.1, -0.05) is 26.7 Å². The molecule has 1 aliphatic rings. The number of anilines is 1. The second-order valence-electron chi connectivity index (χ2n) is 4.90. The quantitative estimate of drug-likeness (QED) is 0.771. The summed E-state index contributed by atoms with van der Waals surface area (Å²) in [6, 6.07) is 0. The van der Waals surface area contributed by atoms with Crippen LogP contribution < -0.4 is 11.6 Å². The van der Waals surface area contributed by atoms with Gasteiger partial charge in [-0.3, -0.25) is 0 Å². The fourth-order valence-electron chi connectivity index (χ4n) is 2.51. The second kappa shape index (κ2) is 4.36. The maximum absolute atomic E-state index is 6.02. The van der Waals surface area contributed by atoms with Crippen LogP contribution in [0.3, 0.4) is 0 Å². The van der Waals surface area contributed by atoms with Gasteiger partial charge in [-0.05, 0) is 19.3 Å². The number of rotatable bonds is 3. The Hall–Kier alpha value is -1.19. The number of nitrogens with two attached hydrogens (primary N) is 2. The Balaban J connectivity index is 2.32. The Morgan fingerprint density at radius 1 is 1.44 bits per heavy atom. The molecule has 0 radical (unpaired) electrons. The van der Waals surface area contributed by atoms with Crippen LogP contribution in [0.25, 0.3) is 0 Å². The number of hydrogen-bond acceptors (Lipinski definition) is 3. The summed E-state index contributed by atoms with van der Waals surface area (Å²) in [4.78, 5) is 4.68. The number of hydrogen-bond donors (Lipinski definition) is 2. The lowest BCUT2D eigenvalue weighted by molar-refractivity contribution is 0.641. The summed E-state index contributed by atoms with van der Waals surface area (Å²) in [6.45, 7) is 4.30. The highest BCUT2D eigenvalue weighted by molar-refractivity contribution is 5.41. The third-order valence-electron chi connectivity index (χ3n) is 3.80. The maximum Gasteiger partial charge on any atom is 0.146 e. The van der Waals surface area contributed by atoms with Crippen LogP contribution in [0.2, 0.25) is 0 Å². The van der Waals surface area contributed by atoms with Crippen LogP contribution in [0, 0.1) is 0 Å². The van der Waals surface area contributed by atoms with Gasteiger partial charge in [0, 0.05) is 11.8 Å². The summed E-state index contributed by atoms with van der Waals surface area (Å²) in [7, 11) is 0. The first-order valence-electron chi connectivity index (χ1n) is 6.28. The molecule has 1 aromatic rings. The zero-order valence-electron chi connectivity index (χ0n) is 10.2. The van der Waals surface area contributed by atoms with Crippen LogP contribution in [-0.4, -0.2) is 9.66 Å². The molecule has 0 saturated heterocycles. The van der Waals surface area contributed by atoms with E-state index in [1.165, 1.54) is 25.7 Å². The summed E-state index contributed by atoms with van der Waals surface area (Å²) in [5, 5.41) is 0. The SMILES string of the molecule is CCC(C)c1nc(C2CCCC2)n(N)c1N. The van der Waals surface area contributed by atoms with E-state index in [1.54, 1.807) is 4.68 Å². The lowest BCUT2D eigenvalue weighted by Crippen LogP contribution is -2.17. The molecular formula is C12H22N4. The van der Waals surface area contributed by atoms with Crippen LogP contribution in [0.5, 0.6) is 0 Å². The Morgan fingerprint density at radius 2 is 2.06 bits per heavy atom. The number of imidazole rings is 1. The zero-order valence-corrected chi connectivity index (χ0v) is 10.2. The van der Waals surface area contributed by atoms with Crippen molar-refractivity contribution in [1.82, 2.24) is 9.66 Å². The van der Waals surface area contributed by atoms with Gasteiger partial charge in [0.2, 0.25) is 0 Å². The van der Waals surface area contributed by atoms with Crippen molar-refractivity contribution < 1.29 is 0 Å². The smallest absolute Gasteiger partial charge is 0.146 e. The molecule has 0 amide bonds. The molecule has 0 aromatic carbocycles. The summed E-state index contributed by atoms with van der Waals surface area (Å²) < 4.78 is 1.61. The third-order valence-corrected chi connectivity index (χ3v) is 3.80. The van der Waals surface area contributed by atoms with Gasteiger partial charge >= 0.3 is 0 Å². The molecule has 4 N–H and O–H groups in total. The molecule has 1 aliphatic carbocycles. The molecule has 90 valence electrons. The largest absolute Gasteiger partial charge is 0.382 e. The highest BCUT2D eigenvalue weighted by Crippen LogP contribution is 2.35. The van der Waals surface area contributed by atoms with Crippen LogP contribution in [-0.2, 0) is 0 Å². The zero-order chi connectivity index (χ0) is 11.7. The van der Waals surface area contributed by atoms with E-state index in [0.29, 0.717) is 17.7 Å². The number of nitrogen functional groups attached to an aromatic ring is 2. The van der Waals surface area contributed by atoms with Crippen molar-refractivity contribution in [1.29, 1.82) is 0 Å². The minimum atomic E-state index is 0.393. The molecule has 1 unspecified atom stereocenters. The highest BCUT2D eigenvalue weighted by atomic mass is 15.4. The first-order valence-corrected chi connectivity index (χ1v) is 6.28. The normalized spacial score (nSPS) is 19.1. The second-order valence-corrected chi connectivity index (χ2v) is 4.90. The van der Waals surface area contributed by atoms with Crippen molar-refractivity contribution in [3.8, 4) is 0 Å². The first kappa shape index (κ1) is 11.3. The fraction of sp³-hybridized carbons (Fsp3) is 0.750. The molecule has 1 heterocycles. The van der Waals surface area contributed by atoms with E-state index in [2.05, 4.69) is 18.8 Å². The van der Waals surface area contributed by atoms with Gasteiger partial charge in [-0.15, -0.1) is 0 Å². The molecule has 4 nitrogen and oxygen atoms in total. The first-order chi connectivity index (χ1) is 7.65. The molecule has 1 atom stereocenters. The molecule has 1 saturated carbocycles. The van der Waals surface area contributed by atoms with Crippen molar-refractivity contribution in [3.05, 3.63) is 11.5 Å². The van der Waals surface area contributed by atoms with Crippen molar-refractivity contribution in [2.45, 2.75) is 57.8 Å². The number of aromatic nitrogens is 2. The summed E-state index contributed by atoms with van der Waals surface area (Å²) >= 11 is 0. The molecular weight excluding hydrogens is 200 g/mol. The van der Waals surface area contributed by atoms with E-state index in [1.807, 2.05) is 0 Å². The third kappa shape index (κ3) is 1.77. The standard InChI is InChI=1S/C12H22N4/c1-3-8(2)10-11(13)16(14)12(15-10)9-6-4-5-7-9/h8-9H,3-7,13-14H2,1-2H3. The lowest BCUT2D eigenvalue weighted by atomic mass is 10.1. The Morgan fingerprint density at radius 3 is 2.62 bits per heavy atom. The molecule has 1 aromatic heterocycles. The topological polar surface area (TPSA) is 69.9 Å². The van der Waals surface area contributed by atoms with E-state index in [9.17, 15) is 0 Å². The molecule has 0 bridgehead atoms. The Kier molecular flexibility index (Phi) is 3.08. The van der Waals surface area contributed by atoms with Gasteiger partial charge < -0.3 is 11.6 Å². The maximum atomic E-state index is 6.02. The molecule has 0 aliphatic heterocycles. The minimum Gasteiger partial charge on any atom is -0.382 e. The van der Waals surface area contributed by atoms with E-state index in [4.69, 9.17) is 11.6 Å². The lowest BCUT2D eigenvalue weighted by Gasteiger charge is -2.08. The van der Waals surface area contributed by atoms with Crippen LogP contribution in [0.1, 0.15) is 69.3 Å². The highest BCUT2D eigenvalue weighted by Gasteiger charge is 2.25. The van der Waals surface area contributed by atoms with Gasteiger partial charge in [0.1, 0.15) is 11.6 Å². The van der Waals surface area contributed by atoms with Crippen molar-refractivity contribution in [2.75, 3.05) is 11.6 Å². The predicted molar refractivity (Wildman–Crippen MR) is 66.7 cm³/mol. The van der Waals surface area contributed by atoms with E-state index >= 15 is 0 Å². The van der Waals surface area contributed by atoms with Crippen LogP contribution >= 0.6 is 0 Å². The van der Waals surface area contributed by atoms with Crippen LogP contribution in [0.15, 0.2) is 0 Å². The summed E-state index contributed by atoms with van der Waals surface area (Å²) in [5.41, 5.74) is 7.00. The van der Waals surface area contributed by atoms with Gasteiger partial charge in [-0.2, -0.15) is 0 Å². The minimum absolute atomic E-state index is 0.393. The molecule has 16 heavy (non-hydrogen) atoms. The monoisotopic (exact) mass is 222 g/mol. The average molecular weight is 222 g/mol. The van der Waals surface area contributed by atoms with Gasteiger partial charge in [0.25, 0.3) is 0 Å². The van der Waals surface area contributed by atoms with Crippen molar-refractivity contribution in [3.63, 3.8) is 0 Å². The molecule has 1 fully saturated rings. The van der Waals surface area contributed by atoms with Crippen molar-refractivity contribution in [2.24, 2.45) is 0 Å². The molecule has 4 heteroatoms. The summed E-state index contributed by atoms with van der Waals surface area (Å²) in [5.74, 6) is 8.56. The molecule has 0 spiro atoms. The van der Waals surface area contributed by atoms with E-state index in [-0.39, 0.29) is 0 Å². The Bertz CT molecular complexity index is 363. The Labute approximate surface area is 97.0 Å². The van der Waals surface area contributed by atoms with Gasteiger partial charge in [0.15, 0.2) is 0 Å². The van der Waals surface area contributed by atoms with Crippen molar-refractivity contribution >= 4 is 5.82 Å². The number of nitrogens with zero attached hydrogens (tertiary/aromatic N) is 2. The van der Waals surface area contributed by atoms with Gasteiger partial charge in [-0.25, -0.2) is 9.66 Å².